The summed E-state index contributed by atoms with van der Waals surface area (Å²) in [6, 6.07) is 54.3. The summed E-state index contributed by atoms with van der Waals surface area (Å²) in [5, 5.41) is 4.50. The molecule has 7 aromatic carbocycles. The minimum Gasteiger partial charge on any atom is -0.435 e. The Morgan fingerprint density at radius 2 is 1.31 bits per heavy atom. The quantitative estimate of drug-likeness (QED) is 0.175. The van der Waals surface area contributed by atoms with Crippen LogP contribution in [0.3, 0.4) is 0 Å². The first kappa shape index (κ1) is 29.1. The van der Waals surface area contributed by atoms with E-state index in [1.54, 1.807) is 0 Å². The molecule has 3 aliphatic carbocycles. The summed E-state index contributed by atoms with van der Waals surface area (Å²) in [5.74, 6) is 1.03. The van der Waals surface area contributed by atoms with Crippen molar-refractivity contribution in [1.82, 2.24) is 4.98 Å². The molecule has 0 amide bonds. The number of aromatic nitrogens is 1. The van der Waals surface area contributed by atoms with Crippen LogP contribution in [0.4, 0.5) is 11.4 Å². The molecule has 3 nitrogen and oxygen atoms in total. The standard InChI is InChI=1S/C49H32N2O/c1-3-12-33(13-4-1)49-50-44-28-25-32-23-22-31-24-26-35(30-43(31)46(32)48(44)52-49)51(34-14-5-2-6-15-34)45-29-27-41-39-19-10-8-17-37(39)36-16-7-9-18-38(36)40-20-11-21-42(45)47(40)41/h1-30,41,47H. The van der Waals surface area contributed by atoms with Crippen LogP contribution < -0.4 is 4.90 Å². The Kier molecular flexibility index (Phi) is 6.38. The number of benzene rings is 7. The zero-order chi connectivity index (χ0) is 34.2. The highest BCUT2D eigenvalue weighted by Gasteiger charge is 2.39. The Labute approximate surface area is 301 Å². The maximum absolute atomic E-state index is 6.60. The van der Waals surface area contributed by atoms with Gasteiger partial charge in [0.2, 0.25) is 5.89 Å². The van der Waals surface area contributed by atoms with Crippen molar-refractivity contribution < 1.29 is 4.42 Å². The number of rotatable bonds is 4. The van der Waals surface area contributed by atoms with Crippen LogP contribution in [0.5, 0.6) is 0 Å². The first-order chi connectivity index (χ1) is 25.8. The number of hydrogen-bond donors (Lipinski definition) is 0. The van der Waals surface area contributed by atoms with E-state index in [9.17, 15) is 0 Å². The third-order valence-corrected chi connectivity index (χ3v) is 11.1. The number of fused-ring (bicyclic) bond motifs is 10. The first-order valence-electron chi connectivity index (χ1n) is 18.0. The Hall–Kier alpha value is -6.71. The molecule has 244 valence electrons. The number of hydrogen-bond acceptors (Lipinski definition) is 3. The van der Waals surface area contributed by atoms with Crippen LogP contribution in [-0.4, -0.2) is 4.98 Å². The fraction of sp³-hybridized carbons (Fsp3) is 0.0408. The topological polar surface area (TPSA) is 29.3 Å². The third kappa shape index (κ3) is 4.36. The summed E-state index contributed by atoms with van der Waals surface area (Å²) in [6.45, 7) is 0. The van der Waals surface area contributed by atoms with E-state index in [0.29, 0.717) is 5.89 Å². The van der Waals surface area contributed by atoms with Gasteiger partial charge in [-0.3, -0.25) is 0 Å². The molecule has 0 saturated carbocycles. The van der Waals surface area contributed by atoms with Crippen molar-refractivity contribution in [3.63, 3.8) is 0 Å². The Morgan fingerprint density at radius 1 is 0.596 bits per heavy atom. The number of nitrogens with zero attached hydrogens (tertiary/aromatic N) is 2. The van der Waals surface area contributed by atoms with Gasteiger partial charge in [-0.2, -0.15) is 0 Å². The van der Waals surface area contributed by atoms with Crippen LogP contribution in [0.2, 0.25) is 0 Å². The van der Waals surface area contributed by atoms with E-state index in [4.69, 9.17) is 9.40 Å². The van der Waals surface area contributed by atoms with Gasteiger partial charge in [0.1, 0.15) is 5.52 Å². The summed E-state index contributed by atoms with van der Waals surface area (Å²) in [5.41, 5.74) is 14.0. The number of para-hydroxylation sites is 1. The van der Waals surface area contributed by atoms with Crippen molar-refractivity contribution in [2.45, 2.75) is 5.92 Å². The predicted octanol–water partition coefficient (Wildman–Crippen LogP) is 12.8. The summed E-state index contributed by atoms with van der Waals surface area (Å²) < 4.78 is 6.60. The molecule has 1 heterocycles. The maximum Gasteiger partial charge on any atom is 0.227 e. The minimum absolute atomic E-state index is 0.174. The van der Waals surface area contributed by atoms with Crippen LogP contribution in [0, 0.1) is 5.92 Å². The summed E-state index contributed by atoms with van der Waals surface area (Å²) in [6.07, 6.45) is 11.7. The minimum atomic E-state index is 0.174. The van der Waals surface area contributed by atoms with E-state index in [0.717, 1.165) is 49.6 Å². The van der Waals surface area contributed by atoms with Gasteiger partial charge in [-0.25, -0.2) is 4.98 Å². The van der Waals surface area contributed by atoms with E-state index < -0.39 is 0 Å². The molecule has 0 bridgehead atoms. The molecule has 11 rings (SSSR count). The zero-order valence-electron chi connectivity index (χ0n) is 28.3. The van der Waals surface area contributed by atoms with Crippen LogP contribution in [-0.2, 0) is 0 Å². The second-order valence-corrected chi connectivity index (χ2v) is 13.9. The molecule has 0 radical (unpaired) electrons. The number of allylic oxidation sites excluding steroid dienone is 7. The Bertz CT molecular complexity index is 2860. The van der Waals surface area contributed by atoms with Gasteiger partial charge in [-0.1, -0.05) is 133 Å². The van der Waals surface area contributed by atoms with Crippen LogP contribution in [0.1, 0.15) is 17.0 Å². The van der Waals surface area contributed by atoms with Crippen molar-refractivity contribution >= 4 is 49.6 Å². The molecule has 2 unspecified atom stereocenters. The van der Waals surface area contributed by atoms with Crippen molar-refractivity contribution in [3.05, 3.63) is 204 Å². The lowest BCUT2D eigenvalue weighted by Crippen LogP contribution is -2.26. The maximum atomic E-state index is 6.60. The number of oxazole rings is 1. The van der Waals surface area contributed by atoms with Gasteiger partial charge in [0.25, 0.3) is 0 Å². The monoisotopic (exact) mass is 664 g/mol. The normalized spacial score (nSPS) is 17.1. The van der Waals surface area contributed by atoms with Crippen LogP contribution >= 0.6 is 0 Å². The summed E-state index contributed by atoms with van der Waals surface area (Å²) in [7, 11) is 0. The van der Waals surface area contributed by atoms with E-state index >= 15 is 0 Å². The lowest BCUT2D eigenvalue weighted by molar-refractivity contribution is 0.623. The van der Waals surface area contributed by atoms with Gasteiger partial charge < -0.3 is 9.32 Å². The molecule has 8 aromatic rings. The molecular weight excluding hydrogens is 633 g/mol. The highest BCUT2D eigenvalue weighted by atomic mass is 16.3. The molecule has 0 saturated heterocycles. The first-order valence-corrected chi connectivity index (χ1v) is 18.0. The van der Waals surface area contributed by atoms with Crippen molar-refractivity contribution in [2.24, 2.45) is 5.92 Å². The molecule has 0 aliphatic heterocycles. The molecule has 3 aliphatic rings. The highest BCUT2D eigenvalue weighted by Crippen LogP contribution is 2.54. The van der Waals surface area contributed by atoms with Gasteiger partial charge in [-0.05, 0) is 98.1 Å². The zero-order valence-corrected chi connectivity index (χ0v) is 28.3. The summed E-state index contributed by atoms with van der Waals surface area (Å²) >= 11 is 0. The molecule has 1 aromatic heterocycles. The van der Waals surface area contributed by atoms with Gasteiger partial charge in [-0.15, -0.1) is 0 Å². The van der Waals surface area contributed by atoms with E-state index in [-0.39, 0.29) is 11.8 Å². The van der Waals surface area contributed by atoms with E-state index in [2.05, 4.69) is 157 Å². The fourth-order valence-electron chi connectivity index (χ4n) is 8.77. The molecular formula is C49H32N2O. The van der Waals surface area contributed by atoms with Crippen LogP contribution in [0.25, 0.3) is 60.8 Å². The van der Waals surface area contributed by atoms with Crippen molar-refractivity contribution in [1.29, 1.82) is 0 Å². The highest BCUT2D eigenvalue weighted by molar-refractivity contribution is 6.18. The molecule has 52 heavy (non-hydrogen) atoms. The predicted molar refractivity (Wildman–Crippen MR) is 214 cm³/mol. The second-order valence-electron chi connectivity index (χ2n) is 13.9. The Balaban J connectivity index is 1.14. The van der Waals surface area contributed by atoms with Gasteiger partial charge in [0.15, 0.2) is 5.58 Å². The van der Waals surface area contributed by atoms with Gasteiger partial charge in [0, 0.05) is 39.9 Å². The average Bonchev–Trinajstić information content (AvgIpc) is 3.62. The van der Waals surface area contributed by atoms with E-state index in [1.165, 1.54) is 39.1 Å². The molecule has 0 spiro atoms. The van der Waals surface area contributed by atoms with Crippen molar-refractivity contribution in [2.75, 3.05) is 4.90 Å². The van der Waals surface area contributed by atoms with E-state index in [1.807, 2.05) is 30.3 Å². The van der Waals surface area contributed by atoms with Crippen LogP contribution in [0.15, 0.2) is 198 Å². The average molecular weight is 665 g/mol. The molecule has 2 atom stereocenters. The second kappa shape index (κ2) is 11.4. The largest absolute Gasteiger partial charge is 0.435 e. The molecule has 0 N–H and O–H groups in total. The SMILES string of the molecule is C1=CC2=C(N(c3ccccc3)c3ccc4ccc5ccc6nc(-c7ccccc7)oc6c5c4c3)C=CC3c4ccccc4-c4ccccc4C(=C1)C23. The molecule has 3 heteroatoms. The Morgan fingerprint density at radius 3 is 2.17 bits per heavy atom. The van der Waals surface area contributed by atoms with Gasteiger partial charge >= 0.3 is 0 Å². The molecule has 0 fully saturated rings. The summed E-state index contributed by atoms with van der Waals surface area (Å²) in [4.78, 5) is 7.36. The lowest BCUT2D eigenvalue weighted by atomic mass is 9.71. The van der Waals surface area contributed by atoms with Crippen molar-refractivity contribution in [3.8, 4) is 22.6 Å². The number of anilines is 2. The smallest absolute Gasteiger partial charge is 0.227 e. The van der Waals surface area contributed by atoms with Gasteiger partial charge in [0.05, 0.1) is 0 Å². The lowest BCUT2D eigenvalue weighted by Gasteiger charge is -2.38. The third-order valence-electron chi connectivity index (χ3n) is 11.1. The fourth-order valence-corrected chi connectivity index (χ4v) is 8.77.